The van der Waals surface area contributed by atoms with Crippen molar-refractivity contribution >= 4 is 21.6 Å². The van der Waals surface area contributed by atoms with E-state index in [2.05, 4.69) is 0 Å². The number of rotatable bonds is 1. The van der Waals surface area contributed by atoms with Crippen molar-refractivity contribution in [3.63, 3.8) is 0 Å². The Bertz CT molecular complexity index is 404. The van der Waals surface area contributed by atoms with Crippen molar-refractivity contribution in [3.05, 3.63) is 29.0 Å². The molecule has 1 aromatic rings. The summed E-state index contributed by atoms with van der Waals surface area (Å²) < 4.78 is 33.7. The zero-order chi connectivity index (χ0) is 9.35. The van der Waals surface area contributed by atoms with E-state index in [1.54, 1.807) is 0 Å². The smallest absolute Gasteiger partial charge is 0.206 e. The molecule has 65 valence electrons. The number of hydrogen-bond acceptors (Lipinski definition) is 2. The number of benzene rings is 1. The highest BCUT2D eigenvalue weighted by molar-refractivity contribution is 7.88. The molecular formula is C6H4ClFNO2S. The molecule has 0 saturated heterocycles. The summed E-state index contributed by atoms with van der Waals surface area (Å²) in [6.07, 6.45) is 0. The van der Waals surface area contributed by atoms with Gasteiger partial charge in [-0.3, -0.25) is 0 Å². The number of sulfonamides is 1. The third-order valence-electron chi connectivity index (χ3n) is 1.20. The van der Waals surface area contributed by atoms with E-state index < -0.39 is 15.8 Å². The minimum atomic E-state index is -4.04. The zero-order valence-corrected chi connectivity index (χ0v) is 7.29. The Balaban J connectivity index is 3.33. The van der Waals surface area contributed by atoms with Crippen LogP contribution in [0.25, 0.3) is 0 Å². The highest BCUT2D eigenvalue weighted by atomic mass is 35.5. The average Bonchev–Trinajstić information content (AvgIpc) is 1.92. The van der Waals surface area contributed by atoms with Gasteiger partial charge in [-0.2, -0.15) is 0 Å². The average molecular weight is 209 g/mol. The molecule has 0 atom stereocenters. The van der Waals surface area contributed by atoms with Crippen molar-refractivity contribution in [2.45, 2.75) is 4.90 Å². The molecule has 0 fully saturated rings. The first-order valence-corrected chi connectivity index (χ1v) is 4.72. The lowest BCUT2D eigenvalue weighted by Crippen LogP contribution is -2.00. The van der Waals surface area contributed by atoms with Crippen molar-refractivity contribution < 1.29 is 12.8 Å². The maximum Gasteiger partial charge on any atom is 0.254 e. The van der Waals surface area contributed by atoms with E-state index in [0.717, 1.165) is 18.2 Å². The standard InChI is InChI=1S/C6H4ClFNO2S/c7-5-3-4(12(9,10)11)1-2-6(5)8/h1-3,9H. The third-order valence-corrected chi connectivity index (χ3v) is 2.37. The lowest BCUT2D eigenvalue weighted by Gasteiger charge is -1.97. The first-order valence-electron chi connectivity index (χ1n) is 2.86. The van der Waals surface area contributed by atoms with Gasteiger partial charge >= 0.3 is 0 Å². The summed E-state index contributed by atoms with van der Waals surface area (Å²) in [5, 5.41) is 6.33. The molecule has 0 saturated carbocycles. The SMILES string of the molecule is [NH]S(=O)(=O)c1ccc(F)c(Cl)c1. The van der Waals surface area contributed by atoms with Gasteiger partial charge in [0.2, 0.25) is 0 Å². The summed E-state index contributed by atoms with van der Waals surface area (Å²) in [5.74, 6) is -0.705. The molecule has 0 aliphatic rings. The molecule has 0 aliphatic heterocycles. The molecule has 0 bridgehead atoms. The summed E-state index contributed by atoms with van der Waals surface area (Å²) in [6.45, 7) is 0. The van der Waals surface area contributed by atoms with Gasteiger partial charge in [-0.1, -0.05) is 11.6 Å². The molecular weight excluding hydrogens is 205 g/mol. The van der Waals surface area contributed by atoms with E-state index in [4.69, 9.17) is 16.7 Å². The van der Waals surface area contributed by atoms with E-state index in [-0.39, 0.29) is 9.92 Å². The van der Waals surface area contributed by atoms with Crippen molar-refractivity contribution in [2.24, 2.45) is 0 Å². The molecule has 0 aromatic heterocycles. The van der Waals surface area contributed by atoms with E-state index >= 15 is 0 Å². The maximum absolute atomic E-state index is 12.5. The van der Waals surface area contributed by atoms with Crippen LogP contribution in [0.3, 0.4) is 0 Å². The summed E-state index contributed by atoms with van der Waals surface area (Å²) in [6, 6.07) is 2.80. The largest absolute Gasteiger partial charge is 0.254 e. The van der Waals surface area contributed by atoms with Gasteiger partial charge in [0.1, 0.15) is 5.82 Å². The van der Waals surface area contributed by atoms with Gasteiger partial charge in [0.05, 0.1) is 9.92 Å². The Hall–Kier alpha value is -0.650. The summed E-state index contributed by atoms with van der Waals surface area (Å²) in [7, 11) is -4.04. The van der Waals surface area contributed by atoms with Crippen molar-refractivity contribution in [1.82, 2.24) is 5.14 Å². The first kappa shape index (κ1) is 9.44. The van der Waals surface area contributed by atoms with Crippen molar-refractivity contribution in [3.8, 4) is 0 Å². The van der Waals surface area contributed by atoms with Crippen LogP contribution in [0.2, 0.25) is 5.02 Å². The fraction of sp³-hybridized carbons (Fsp3) is 0. The molecule has 6 heteroatoms. The Morgan fingerprint density at radius 3 is 2.42 bits per heavy atom. The Kier molecular flexibility index (Phi) is 2.36. The van der Waals surface area contributed by atoms with Gasteiger partial charge in [0.15, 0.2) is 0 Å². The van der Waals surface area contributed by atoms with E-state index in [9.17, 15) is 12.8 Å². The van der Waals surface area contributed by atoms with Crippen LogP contribution in [0.1, 0.15) is 0 Å². The second-order valence-electron chi connectivity index (χ2n) is 2.08. The molecule has 12 heavy (non-hydrogen) atoms. The molecule has 1 radical (unpaired) electrons. The molecule has 0 spiro atoms. The van der Waals surface area contributed by atoms with Gasteiger partial charge in [-0.25, -0.2) is 12.8 Å². The van der Waals surface area contributed by atoms with Crippen LogP contribution in [-0.2, 0) is 10.0 Å². The summed E-state index contributed by atoms with van der Waals surface area (Å²) in [4.78, 5) is -0.311. The molecule has 0 aliphatic carbocycles. The van der Waals surface area contributed by atoms with E-state index in [1.165, 1.54) is 0 Å². The minimum absolute atomic E-state index is 0.302. The fourth-order valence-corrected chi connectivity index (χ4v) is 1.41. The monoisotopic (exact) mass is 208 g/mol. The second kappa shape index (κ2) is 3.01. The topological polar surface area (TPSA) is 57.9 Å². The van der Waals surface area contributed by atoms with E-state index in [0.29, 0.717) is 0 Å². The van der Waals surface area contributed by atoms with Gasteiger partial charge in [-0.15, -0.1) is 5.14 Å². The van der Waals surface area contributed by atoms with Crippen LogP contribution in [0.15, 0.2) is 23.1 Å². The van der Waals surface area contributed by atoms with Gasteiger partial charge in [0, 0.05) is 0 Å². The summed E-state index contributed by atoms with van der Waals surface area (Å²) in [5.41, 5.74) is 0. The lowest BCUT2D eigenvalue weighted by molar-refractivity contribution is 0.595. The minimum Gasteiger partial charge on any atom is -0.206 e. The zero-order valence-electron chi connectivity index (χ0n) is 5.71. The molecule has 0 amide bonds. The number of halogens is 2. The molecule has 1 N–H and O–H groups in total. The highest BCUT2D eigenvalue weighted by Gasteiger charge is 2.10. The third kappa shape index (κ3) is 1.94. The van der Waals surface area contributed by atoms with Crippen molar-refractivity contribution in [1.29, 1.82) is 0 Å². The van der Waals surface area contributed by atoms with E-state index in [1.807, 2.05) is 0 Å². The Morgan fingerprint density at radius 1 is 1.42 bits per heavy atom. The van der Waals surface area contributed by atoms with Gasteiger partial charge in [-0.05, 0) is 18.2 Å². The molecule has 0 unspecified atom stereocenters. The molecule has 1 aromatic carbocycles. The van der Waals surface area contributed by atoms with Crippen LogP contribution in [-0.4, -0.2) is 8.42 Å². The molecule has 3 nitrogen and oxygen atoms in total. The predicted octanol–water partition coefficient (Wildman–Crippen LogP) is 1.45. The maximum atomic E-state index is 12.5. The number of hydrogen-bond donors (Lipinski definition) is 0. The molecule has 1 rings (SSSR count). The number of nitrogens with one attached hydrogen (secondary N) is 1. The normalized spacial score (nSPS) is 11.6. The highest BCUT2D eigenvalue weighted by Crippen LogP contribution is 2.18. The summed E-state index contributed by atoms with van der Waals surface area (Å²) >= 11 is 5.30. The van der Waals surface area contributed by atoms with Gasteiger partial charge < -0.3 is 0 Å². The Morgan fingerprint density at radius 2 is 2.00 bits per heavy atom. The first-order chi connectivity index (χ1) is 5.41. The second-order valence-corrected chi connectivity index (χ2v) is 3.96. The lowest BCUT2D eigenvalue weighted by atomic mass is 10.3. The van der Waals surface area contributed by atoms with Crippen LogP contribution in [0.5, 0.6) is 0 Å². The quantitative estimate of drug-likeness (QED) is 0.702. The predicted molar refractivity (Wildman–Crippen MR) is 41.7 cm³/mol. The fourth-order valence-electron chi connectivity index (χ4n) is 0.644. The Labute approximate surface area is 74.0 Å². The van der Waals surface area contributed by atoms with Crippen LogP contribution >= 0.6 is 11.6 Å². The van der Waals surface area contributed by atoms with Crippen LogP contribution < -0.4 is 5.14 Å². The van der Waals surface area contributed by atoms with Crippen LogP contribution in [0.4, 0.5) is 4.39 Å². The van der Waals surface area contributed by atoms with Crippen molar-refractivity contribution in [2.75, 3.05) is 0 Å². The van der Waals surface area contributed by atoms with Crippen LogP contribution in [0, 0.1) is 5.82 Å². The van der Waals surface area contributed by atoms with Gasteiger partial charge in [0.25, 0.3) is 10.0 Å². The molecule has 0 heterocycles.